The Labute approximate surface area is 69.1 Å². The van der Waals surface area contributed by atoms with Gasteiger partial charge in [0.2, 0.25) is 4.77 Å². The zero-order valence-electron chi connectivity index (χ0n) is 6.37. The fraction of sp³-hybridized carbons (Fsp3) is 0.600. The third-order valence-electron chi connectivity index (χ3n) is 1.45. The van der Waals surface area contributed by atoms with Crippen molar-refractivity contribution in [2.45, 2.75) is 13.0 Å². The molecule has 0 saturated heterocycles. The second-order valence-corrected chi connectivity index (χ2v) is 2.52. The number of aromatic amines is 1. The van der Waals surface area contributed by atoms with Gasteiger partial charge in [0.15, 0.2) is 5.82 Å². The van der Waals surface area contributed by atoms with Crippen molar-refractivity contribution in [3.63, 3.8) is 0 Å². The van der Waals surface area contributed by atoms with Gasteiger partial charge in [-0.1, -0.05) is 0 Å². The van der Waals surface area contributed by atoms with Gasteiger partial charge in [-0.3, -0.25) is 5.10 Å². The molecule has 0 bridgehead atoms. The minimum absolute atomic E-state index is 0.145. The number of methoxy groups -OCH3 is 1. The maximum absolute atomic E-state index is 5.52. The Morgan fingerprint density at radius 3 is 2.82 bits per heavy atom. The quantitative estimate of drug-likeness (QED) is 0.502. The van der Waals surface area contributed by atoms with Crippen LogP contribution in [0, 0.1) is 4.77 Å². The van der Waals surface area contributed by atoms with Gasteiger partial charge in [0.25, 0.3) is 0 Å². The van der Waals surface area contributed by atoms with Crippen molar-refractivity contribution in [2.75, 3.05) is 13.0 Å². The van der Waals surface area contributed by atoms with Crippen molar-refractivity contribution in [3.05, 3.63) is 10.6 Å². The predicted octanol–water partition coefficient (Wildman–Crippen LogP) is 0.362. The molecule has 1 atom stereocenters. The molecule has 1 unspecified atom stereocenters. The lowest BCUT2D eigenvalue weighted by Crippen LogP contribution is -2.15. The first-order valence-corrected chi connectivity index (χ1v) is 3.52. The van der Waals surface area contributed by atoms with Gasteiger partial charge in [0.1, 0.15) is 6.10 Å². The molecule has 0 spiro atoms. The minimum atomic E-state index is -0.145. The Bertz CT molecular complexity index is 291. The summed E-state index contributed by atoms with van der Waals surface area (Å²) in [6.07, 6.45) is -0.145. The molecule has 11 heavy (non-hydrogen) atoms. The van der Waals surface area contributed by atoms with Crippen LogP contribution in [-0.2, 0) is 4.74 Å². The van der Waals surface area contributed by atoms with Gasteiger partial charge in [0.05, 0.1) is 0 Å². The molecule has 3 N–H and O–H groups in total. The van der Waals surface area contributed by atoms with Crippen molar-refractivity contribution in [3.8, 4) is 0 Å². The summed E-state index contributed by atoms with van der Waals surface area (Å²) in [5.41, 5.74) is 0. The maximum atomic E-state index is 5.52. The Morgan fingerprint density at radius 1 is 1.82 bits per heavy atom. The van der Waals surface area contributed by atoms with Crippen LogP contribution >= 0.6 is 12.2 Å². The zero-order valence-corrected chi connectivity index (χ0v) is 7.18. The summed E-state index contributed by atoms with van der Waals surface area (Å²) < 4.78 is 6.69. The van der Waals surface area contributed by atoms with Gasteiger partial charge in [-0.15, -0.1) is 0 Å². The van der Waals surface area contributed by atoms with Crippen LogP contribution in [0.1, 0.15) is 18.9 Å². The summed E-state index contributed by atoms with van der Waals surface area (Å²) in [6.45, 7) is 1.84. The van der Waals surface area contributed by atoms with E-state index in [2.05, 4.69) is 10.2 Å². The molecule has 0 fully saturated rings. The molecule has 1 aromatic rings. The first kappa shape index (κ1) is 8.22. The fourth-order valence-corrected chi connectivity index (χ4v) is 0.848. The van der Waals surface area contributed by atoms with Gasteiger partial charge < -0.3 is 10.6 Å². The lowest BCUT2D eigenvalue weighted by Gasteiger charge is -2.06. The van der Waals surface area contributed by atoms with Crippen LogP contribution < -0.4 is 5.84 Å². The van der Waals surface area contributed by atoms with Crippen LogP contribution in [0.2, 0.25) is 0 Å². The first-order valence-electron chi connectivity index (χ1n) is 3.12. The van der Waals surface area contributed by atoms with E-state index in [9.17, 15) is 0 Å². The number of nitrogens with zero attached hydrogens (tertiary/aromatic N) is 2. The normalized spacial score (nSPS) is 13.3. The Hall–Kier alpha value is -0.880. The highest BCUT2D eigenvalue weighted by molar-refractivity contribution is 7.71. The molecule has 0 aromatic carbocycles. The molecule has 0 saturated carbocycles. The molecule has 1 aromatic heterocycles. The summed E-state index contributed by atoms with van der Waals surface area (Å²) in [4.78, 5) is 0. The zero-order chi connectivity index (χ0) is 8.43. The number of hydrogen-bond donors (Lipinski definition) is 2. The van der Waals surface area contributed by atoms with E-state index in [0.29, 0.717) is 10.6 Å². The van der Waals surface area contributed by atoms with Gasteiger partial charge in [0, 0.05) is 7.11 Å². The monoisotopic (exact) mass is 174 g/mol. The number of aromatic nitrogens is 3. The van der Waals surface area contributed by atoms with Gasteiger partial charge in [-0.05, 0) is 19.1 Å². The lowest BCUT2D eigenvalue weighted by molar-refractivity contribution is 0.110. The van der Waals surface area contributed by atoms with Crippen LogP contribution in [-0.4, -0.2) is 22.0 Å². The largest absolute Gasteiger partial charge is 0.374 e. The fourth-order valence-electron chi connectivity index (χ4n) is 0.709. The van der Waals surface area contributed by atoms with Gasteiger partial charge >= 0.3 is 0 Å². The van der Waals surface area contributed by atoms with E-state index in [1.165, 1.54) is 4.68 Å². The molecule has 6 heteroatoms. The molecule has 1 heterocycles. The molecule has 0 radical (unpaired) electrons. The van der Waals surface area contributed by atoms with E-state index in [0.717, 1.165) is 0 Å². The molecule has 62 valence electrons. The number of nitrogens with two attached hydrogens (primary N) is 1. The minimum Gasteiger partial charge on any atom is -0.374 e. The highest BCUT2D eigenvalue weighted by Crippen LogP contribution is 2.09. The molecule has 1 rings (SSSR count). The molecule has 0 aliphatic heterocycles. The SMILES string of the molecule is COC(C)c1n[nH]c(=S)n1N. The summed E-state index contributed by atoms with van der Waals surface area (Å²) >= 11 is 4.81. The van der Waals surface area contributed by atoms with E-state index in [1.54, 1.807) is 7.11 Å². The van der Waals surface area contributed by atoms with Gasteiger partial charge in [-0.2, -0.15) is 5.10 Å². The predicted molar refractivity (Wildman–Crippen MR) is 43.0 cm³/mol. The average molecular weight is 174 g/mol. The molecular formula is C5H10N4OS. The Balaban J connectivity index is 3.04. The first-order chi connectivity index (χ1) is 5.16. The van der Waals surface area contributed by atoms with Crippen LogP contribution in [0.5, 0.6) is 0 Å². The van der Waals surface area contributed by atoms with Crippen molar-refractivity contribution in [1.82, 2.24) is 14.9 Å². The average Bonchev–Trinajstić information content (AvgIpc) is 2.32. The van der Waals surface area contributed by atoms with Crippen molar-refractivity contribution < 1.29 is 4.74 Å². The van der Waals surface area contributed by atoms with E-state index < -0.39 is 0 Å². The summed E-state index contributed by atoms with van der Waals surface area (Å²) in [5.74, 6) is 6.11. The standard InChI is InChI=1S/C5H10N4OS/c1-3(10-2)4-7-8-5(11)9(4)6/h3H,6H2,1-2H3,(H,8,11). The van der Waals surface area contributed by atoms with Crippen molar-refractivity contribution in [2.24, 2.45) is 0 Å². The lowest BCUT2D eigenvalue weighted by atomic mass is 10.4. The van der Waals surface area contributed by atoms with E-state index >= 15 is 0 Å². The molecular weight excluding hydrogens is 164 g/mol. The van der Waals surface area contributed by atoms with E-state index in [4.69, 9.17) is 22.8 Å². The number of ether oxygens (including phenoxy) is 1. The van der Waals surface area contributed by atoms with Crippen molar-refractivity contribution >= 4 is 12.2 Å². The summed E-state index contributed by atoms with van der Waals surface area (Å²) in [6, 6.07) is 0. The molecule has 5 nitrogen and oxygen atoms in total. The summed E-state index contributed by atoms with van der Waals surface area (Å²) in [7, 11) is 1.59. The maximum Gasteiger partial charge on any atom is 0.214 e. The van der Waals surface area contributed by atoms with Crippen LogP contribution in [0.25, 0.3) is 0 Å². The van der Waals surface area contributed by atoms with E-state index in [-0.39, 0.29) is 6.10 Å². The molecule has 0 aliphatic rings. The van der Waals surface area contributed by atoms with Crippen LogP contribution in [0.3, 0.4) is 0 Å². The smallest absolute Gasteiger partial charge is 0.214 e. The number of hydrogen-bond acceptors (Lipinski definition) is 4. The second kappa shape index (κ2) is 3.02. The summed E-state index contributed by atoms with van der Waals surface area (Å²) in [5, 5.41) is 6.44. The van der Waals surface area contributed by atoms with E-state index in [1.807, 2.05) is 6.92 Å². The van der Waals surface area contributed by atoms with Gasteiger partial charge in [-0.25, -0.2) is 4.68 Å². The highest BCUT2D eigenvalue weighted by Gasteiger charge is 2.10. The third-order valence-corrected chi connectivity index (χ3v) is 1.74. The highest BCUT2D eigenvalue weighted by atomic mass is 32.1. The second-order valence-electron chi connectivity index (χ2n) is 2.13. The number of nitrogens with one attached hydrogen (secondary N) is 1. The third kappa shape index (κ3) is 1.41. The van der Waals surface area contributed by atoms with Crippen LogP contribution in [0.15, 0.2) is 0 Å². The van der Waals surface area contributed by atoms with Crippen LogP contribution in [0.4, 0.5) is 0 Å². The topological polar surface area (TPSA) is 68.9 Å². The number of rotatable bonds is 2. The number of nitrogen functional groups attached to an aromatic ring is 1. The van der Waals surface area contributed by atoms with Crippen molar-refractivity contribution in [1.29, 1.82) is 0 Å². The molecule has 0 aliphatic carbocycles. The molecule has 0 amide bonds. The Kier molecular flexibility index (Phi) is 2.25. The number of H-pyrrole nitrogens is 1. The Morgan fingerprint density at radius 2 is 2.45 bits per heavy atom.